The molecule has 0 bridgehead atoms. The largest absolute Gasteiger partial charge is 0.507 e. The summed E-state index contributed by atoms with van der Waals surface area (Å²) >= 11 is 0. The van der Waals surface area contributed by atoms with Gasteiger partial charge in [-0.25, -0.2) is 4.39 Å². The molecule has 1 saturated carbocycles. The molecule has 0 amide bonds. The van der Waals surface area contributed by atoms with Crippen molar-refractivity contribution < 1.29 is 24.2 Å². The van der Waals surface area contributed by atoms with Crippen LogP contribution in [0.1, 0.15) is 40.7 Å². The fourth-order valence-electron chi connectivity index (χ4n) is 4.54. The molecule has 0 aromatic heterocycles. The molecule has 0 unspecified atom stereocenters. The van der Waals surface area contributed by atoms with Gasteiger partial charge in [0.2, 0.25) is 0 Å². The Labute approximate surface area is 185 Å². The average molecular weight is 430 g/mol. The number of hydrogen-bond acceptors (Lipinski definition) is 4. The number of rotatable bonds is 4. The van der Waals surface area contributed by atoms with Crippen LogP contribution in [-0.2, 0) is 4.79 Å². The summed E-state index contributed by atoms with van der Waals surface area (Å²) in [5, 5.41) is 22.4. The third kappa shape index (κ3) is 3.99. The van der Waals surface area contributed by atoms with E-state index in [1.54, 1.807) is 66.7 Å². The lowest BCUT2D eigenvalue weighted by atomic mass is 9.61. The third-order valence-electron chi connectivity index (χ3n) is 5.98. The normalized spacial score (nSPS) is 24.8. The number of benzene rings is 3. The second-order valence-electron chi connectivity index (χ2n) is 8.33. The molecule has 4 nitrogen and oxygen atoms in total. The molecule has 4 rings (SSSR count). The Balaban J connectivity index is 1.98. The minimum Gasteiger partial charge on any atom is -0.507 e. The number of hydrogen-bond donors (Lipinski definition) is 2. The topological polar surface area (TPSA) is 74.6 Å². The first kappa shape index (κ1) is 21.7. The van der Waals surface area contributed by atoms with Gasteiger partial charge in [0.15, 0.2) is 11.6 Å². The highest BCUT2D eigenvalue weighted by atomic mass is 19.1. The lowest BCUT2D eigenvalue weighted by Gasteiger charge is -2.42. The van der Waals surface area contributed by atoms with Gasteiger partial charge >= 0.3 is 0 Å². The summed E-state index contributed by atoms with van der Waals surface area (Å²) in [6, 6.07) is 22.6. The minimum absolute atomic E-state index is 0.00241. The molecular weight excluding hydrogens is 407 g/mol. The summed E-state index contributed by atoms with van der Waals surface area (Å²) in [5.41, 5.74) is -0.578. The number of aliphatic hydroxyl groups excluding tert-OH is 1. The number of Topliss-reactive ketones (excluding diaryl/α,β-unsaturated/α-hetero) is 2. The van der Waals surface area contributed by atoms with Crippen LogP contribution in [0.25, 0.3) is 5.76 Å². The van der Waals surface area contributed by atoms with Crippen molar-refractivity contribution in [1.82, 2.24) is 0 Å². The van der Waals surface area contributed by atoms with Crippen LogP contribution in [0.15, 0.2) is 90.5 Å². The standard InChI is InChI=1S/C27H23FO4/c1-27(32)16-21(29)23(25(30)17-9-4-2-5-10-17)22(19-13-8-14-20(28)15-19)24(27)26(31)18-11-6-3-7-12-18/h2-15,22,24,30,32H,16H2,1H3/t22-,24-,27+/m1/s1. The molecule has 0 spiro atoms. The second kappa shape index (κ2) is 8.52. The number of aliphatic hydroxyl groups is 2. The summed E-state index contributed by atoms with van der Waals surface area (Å²) in [4.78, 5) is 26.8. The fourth-order valence-corrected chi connectivity index (χ4v) is 4.54. The Kier molecular flexibility index (Phi) is 5.76. The molecule has 32 heavy (non-hydrogen) atoms. The van der Waals surface area contributed by atoms with Crippen molar-refractivity contribution in [3.63, 3.8) is 0 Å². The van der Waals surface area contributed by atoms with E-state index in [0.29, 0.717) is 16.7 Å². The van der Waals surface area contributed by atoms with Gasteiger partial charge in [0.05, 0.1) is 11.5 Å². The van der Waals surface area contributed by atoms with E-state index in [9.17, 15) is 24.2 Å². The maximum absolute atomic E-state index is 14.2. The van der Waals surface area contributed by atoms with Gasteiger partial charge in [-0.05, 0) is 24.6 Å². The summed E-state index contributed by atoms with van der Waals surface area (Å²) < 4.78 is 14.2. The van der Waals surface area contributed by atoms with Crippen molar-refractivity contribution in [3.05, 3.63) is 113 Å². The summed E-state index contributed by atoms with van der Waals surface area (Å²) in [6.45, 7) is 1.44. The van der Waals surface area contributed by atoms with Gasteiger partial charge in [-0.3, -0.25) is 9.59 Å². The van der Waals surface area contributed by atoms with E-state index in [2.05, 4.69) is 0 Å². The smallest absolute Gasteiger partial charge is 0.169 e. The van der Waals surface area contributed by atoms with Crippen LogP contribution in [-0.4, -0.2) is 27.4 Å². The third-order valence-corrected chi connectivity index (χ3v) is 5.98. The number of halogens is 1. The first-order valence-corrected chi connectivity index (χ1v) is 10.4. The zero-order chi connectivity index (χ0) is 22.9. The maximum atomic E-state index is 14.2. The zero-order valence-electron chi connectivity index (χ0n) is 17.5. The molecule has 3 aromatic rings. The number of carbonyl (C=O) groups excluding carboxylic acids is 2. The fraction of sp³-hybridized carbons (Fsp3) is 0.185. The van der Waals surface area contributed by atoms with Gasteiger partial charge in [0.1, 0.15) is 11.6 Å². The van der Waals surface area contributed by atoms with E-state index in [4.69, 9.17) is 0 Å². The van der Waals surface area contributed by atoms with Crippen LogP contribution < -0.4 is 0 Å². The van der Waals surface area contributed by atoms with Crippen molar-refractivity contribution in [2.24, 2.45) is 5.92 Å². The molecular formula is C27H23FO4. The molecule has 1 aliphatic carbocycles. The highest BCUT2D eigenvalue weighted by molar-refractivity contribution is 6.08. The van der Waals surface area contributed by atoms with Gasteiger partial charge in [-0.15, -0.1) is 0 Å². The molecule has 0 heterocycles. The van der Waals surface area contributed by atoms with E-state index in [1.165, 1.54) is 25.1 Å². The van der Waals surface area contributed by atoms with E-state index >= 15 is 0 Å². The van der Waals surface area contributed by atoms with Crippen molar-refractivity contribution in [3.8, 4) is 0 Å². The molecule has 3 atom stereocenters. The van der Waals surface area contributed by atoms with Crippen molar-refractivity contribution in [1.29, 1.82) is 0 Å². The Morgan fingerprint density at radius 2 is 1.53 bits per heavy atom. The Morgan fingerprint density at radius 3 is 2.12 bits per heavy atom. The predicted octanol–water partition coefficient (Wildman–Crippen LogP) is 5.10. The number of allylic oxidation sites excluding steroid dienone is 1. The minimum atomic E-state index is -1.69. The Hall–Kier alpha value is -3.57. The van der Waals surface area contributed by atoms with Crippen LogP contribution in [0.3, 0.4) is 0 Å². The monoisotopic (exact) mass is 430 g/mol. The summed E-state index contributed by atoms with van der Waals surface area (Å²) in [6.07, 6.45) is -0.339. The van der Waals surface area contributed by atoms with Gasteiger partial charge < -0.3 is 10.2 Å². The quantitative estimate of drug-likeness (QED) is 0.343. The van der Waals surface area contributed by atoms with Crippen molar-refractivity contribution in [2.75, 3.05) is 0 Å². The molecule has 0 radical (unpaired) electrons. The Bertz CT molecular complexity index is 1180. The van der Waals surface area contributed by atoms with E-state index < -0.39 is 29.0 Å². The van der Waals surface area contributed by atoms with E-state index in [-0.39, 0.29) is 23.5 Å². The lowest BCUT2D eigenvalue weighted by molar-refractivity contribution is -0.125. The highest BCUT2D eigenvalue weighted by Gasteiger charge is 2.52. The molecule has 0 aliphatic heterocycles. The molecule has 0 saturated heterocycles. The maximum Gasteiger partial charge on any atom is 0.169 e. The SMILES string of the molecule is C[C@]1(O)CC(=O)C(=C(O)c2ccccc2)[C@@H](c2cccc(F)c2)[C@@H]1C(=O)c1ccccc1. The van der Waals surface area contributed by atoms with Crippen molar-refractivity contribution >= 4 is 17.3 Å². The van der Waals surface area contributed by atoms with Crippen molar-refractivity contribution in [2.45, 2.75) is 24.9 Å². The first-order chi connectivity index (χ1) is 15.3. The van der Waals surface area contributed by atoms with Crippen LogP contribution in [0.2, 0.25) is 0 Å². The summed E-state index contributed by atoms with van der Waals surface area (Å²) in [5.74, 6) is -3.81. The van der Waals surface area contributed by atoms with Crippen LogP contribution >= 0.6 is 0 Å². The Morgan fingerprint density at radius 1 is 0.938 bits per heavy atom. The molecule has 2 N–H and O–H groups in total. The lowest BCUT2D eigenvalue weighted by Crippen LogP contribution is -2.50. The molecule has 3 aromatic carbocycles. The predicted molar refractivity (Wildman–Crippen MR) is 120 cm³/mol. The van der Waals surface area contributed by atoms with Gasteiger partial charge in [-0.2, -0.15) is 0 Å². The molecule has 162 valence electrons. The number of ketones is 2. The van der Waals surface area contributed by atoms with Gasteiger partial charge in [-0.1, -0.05) is 72.8 Å². The molecule has 1 fully saturated rings. The molecule has 1 aliphatic rings. The van der Waals surface area contributed by atoms with Crippen LogP contribution in [0.5, 0.6) is 0 Å². The van der Waals surface area contributed by atoms with E-state index in [1.807, 2.05) is 0 Å². The zero-order valence-corrected chi connectivity index (χ0v) is 17.5. The van der Waals surface area contributed by atoms with Gasteiger partial charge in [0.25, 0.3) is 0 Å². The van der Waals surface area contributed by atoms with Crippen LogP contribution in [0, 0.1) is 11.7 Å². The number of carbonyl (C=O) groups is 2. The van der Waals surface area contributed by atoms with Gasteiger partial charge in [0, 0.05) is 29.0 Å². The summed E-state index contributed by atoms with van der Waals surface area (Å²) in [7, 11) is 0. The molecule has 5 heteroatoms. The average Bonchev–Trinajstić information content (AvgIpc) is 2.78. The van der Waals surface area contributed by atoms with Crippen LogP contribution in [0.4, 0.5) is 4.39 Å². The van der Waals surface area contributed by atoms with E-state index in [0.717, 1.165) is 0 Å². The highest BCUT2D eigenvalue weighted by Crippen LogP contribution is 2.48. The second-order valence-corrected chi connectivity index (χ2v) is 8.33. The first-order valence-electron chi connectivity index (χ1n) is 10.4.